The van der Waals surface area contributed by atoms with E-state index in [0.29, 0.717) is 0 Å². The number of nitrogens with zero attached hydrogens (tertiary/aromatic N) is 5. The van der Waals surface area contributed by atoms with Gasteiger partial charge in [0.25, 0.3) is 5.56 Å². The highest BCUT2D eigenvalue weighted by Crippen LogP contribution is 2.37. The largest absolute Gasteiger partial charge is 0.455 e. The molecule has 4 aromatic heterocycles. The lowest BCUT2D eigenvalue weighted by molar-refractivity contribution is -0.877. The molecule has 0 aromatic carbocycles. The van der Waals surface area contributed by atoms with Crippen molar-refractivity contribution >= 4 is 22.5 Å². The summed E-state index contributed by atoms with van der Waals surface area (Å²) in [7, 11) is 1.25. The Kier molecular flexibility index (Phi) is 5.75. The summed E-state index contributed by atoms with van der Waals surface area (Å²) in [6, 6.07) is 5.88. The number of hydrogen-bond acceptors (Lipinski definition) is 4. The van der Waals surface area contributed by atoms with Gasteiger partial charge in [-0.15, -0.1) is 0 Å². The van der Waals surface area contributed by atoms with Crippen molar-refractivity contribution in [2.75, 3.05) is 7.11 Å². The second-order valence-corrected chi connectivity index (χ2v) is 7.46. The third-order valence-electron chi connectivity index (χ3n) is 4.88. The molecule has 0 saturated carbocycles. The Hall–Kier alpha value is -3.61. The van der Waals surface area contributed by atoms with Crippen molar-refractivity contribution in [1.82, 2.24) is 19.3 Å². The average molecular weight is 505 g/mol. The first-order chi connectivity index (χ1) is 15.9. The second kappa shape index (κ2) is 8.31. The SMILES string of the molecule is CO[n+]1cc(-n2ccc(Cl)n2)cc(F)c1-c1cc2ccc(=O)n(CC(F)(F)C(F)(F)F)c2cn1. The molecule has 4 rings (SSSR count). The summed E-state index contributed by atoms with van der Waals surface area (Å²) in [5, 5.41) is 4.21. The predicted molar refractivity (Wildman–Crippen MR) is 107 cm³/mol. The molecule has 4 heterocycles. The Labute approximate surface area is 191 Å². The smallest absolute Gasteiger partial charge is 0.300 e. The first kappa shape index (κ1) is 23.5. The van der Waals surface area contributed by atoms with E-state index in [9.17, 15) is 26.7 Å². The summed E-state index contributed by atoms with van der Waals surface area (Å²) < 4.78 is 82.9. The Bertz CT molecular complexity index is 1450. The Balaban J connectivity index is 1.82. The zero-order chi connectivity index (χ0) is 24.8. The summed E-state index contributed by atoms with van der Waals surface area (Å²) in [6.45, 7) is -1.93. The van der Waals surface area contributed by atoms with E-state index < -0.39 is 30.0 Å². The maximum Gasteiger partial charge on any atom is 0.455 e. The molecule has 34 heavy (non-hydrogen) atoms. The van der Waals surface area contributed by atoms with E-state index in [2.05, 4.69) is 10.1 Å². The number of pyridine rings is 3. The molecule has 0 atom stereocenters. The number of fused-ring (bicyclic) bond motifs is 1. The van der Waals surface area contributed by atoms with Crippen LogP contribution in [0.15, 0.2) is 53.7 Å². The number of alkyl halides is 5. The molecule has 178 valence electrons. The van der Waals surface area contributed by atoms with Gasteiger partial charge in [0.2, 0.25) is 12.0 Å². The molecule has 0 spiro atoms. The number of rotatable bonds is 5. The summed E-state index contributed by atoms with van der Waals surface area (Å²) in [4.78, 5) is 21.2. The summed E-state index contributed by atoms with van der Waals surface area (Å²) in [5.74, 6) is -5.96. The van der Waals surface area contributed by atoms with Crippen molar-refractivity contribution < 1.29 is 35.9 Å². The second-order valence-electron chi connectivity index (χ2n) is 7.07. The lowest BCUT2D eigenvalue weighted by Crippen LogP contribution is -2.44. The first-order valence-corrected chi connectivity index (χ1v) is 9.75. The number of halogens is 7. The van der Waals surface area contributed by atoms with Gasteiger partial charge in [-0.2, -0.15) is 31.4 Å². The van der Waals surface area contributed by atoms with Crippen LogP contribution in [0.1, 0.15) is 0 Å². The number of hydrogen-bond donors (Lipinski definition) is 0. The van der Waals surface area contributed by atoms with Gasteiger partial charge in [-0.05, 0) is 18.2 Å². The molecule has 4 aromatic rings. The summed E-state index contributed by atoms with van der Waals surface area (Å²) in [6.07, 6.45) is -2.08. The molecule has 0 unspecified atom stereocenters. The van der Waals surface area contributed by atoms with Gasteiger partial charge in [0, 0.05) is 28.4 Å². The van der Waals surface area contributed by atoms with Crippen LogP contribution in [0.25, 0.3) is 28.0 Å². The first-order valence-electron chi connectivity index (χ1n) is 9.37. The molecule has 0 amide bonds. The molecule has 0 N–H and O–H groups in total. The van der Waals surface area contributed by atoms with E-state index in [1.807, 2.05) is 0 Å². The maximum atomic E-state index is 15.1. The van der Waals surface area contributed by atoms with E-state index in [-0.39, 0.29) is 37.7 Å². The molecule has 14 heteroatoms. The van der Waals surface area contributed by atoms with E-state index in [0.717, 1.165) is 23.1 Å². The molecular formula is C20H13ClF6N5O2+. The van der Waals surface area contributed by atoms with E-state index in [1.165, 1.54) is 42.4 Å². The third-order valence-corrected chi connectivity index (χ3v) is 5.08. The molecule has 0 saturated heterocycles. The highest BCUT2D eigenvalue weighted by Gasteiger charge is 2.57. The van der Waals surface area contributed by atoms with Gasteiger partial charge in [0.1, 0.15) is 18.5 Å². The fourth-order valence-corrected chi connectivity index (χ4v) is 3.39. The van der Waals surface area contributed by atoms with Crippen molar-refractivity contribution in [3.8, 4) is 17.1 Å². The molecule has 0 aliphatic rings. The minimum absolute atomic E-state index is 0.0373. The van der Waals surface area contributed by atoms with Gasteiger partial charge in [-0.3, -0.25) is 9.63 Å². The monoisotopic (exact) mass is 504 g/mol. The molecule has 0 radical (unpaired) electrons. The minimum atomic E-state index is -5.85. The molecule has 7 nitrogen and oxygen atoms in total. The van der Waals surface area contributed by atoms with Crippen molar-refractivity contribution in [2.45, 2.75) is 18.6 Å². The van der Waals surface area contributed by atoms with Crippen LogP contribution < -0.4 is 15.1 Å². The highest BCUT2D eigenvalue weighted by molar-refractivity contribution is 6.29. The van der Waals surface area contributed by atoms with Crippen molar-refractivity contribution in [3.05, 3.63) is 70.2 Å². The van der Waals surface area contributed by atoms with E-state index in [1.54, 1.807) is 0 Å². The van der Waals surface area contributed by atoms with Gasteiger partial charge in [0.05, 0.1) is 18.3 Å². The lowest BCUT2D eigenvalue weighted by atomic mass is 10.1. The third kappa shape index (κ3) is 4.18. The van der Waals surface area contributed by atoms with Crippen LogP contribution in [0, 0.1) is 5.82 Å². The van der Waals surface area contributed by atoms with Gasteiger partial charge < -0.3 is 4.57 Å². The van der Waals surface area contributed by atoms with Crippen LogP contribution in [-0.4, -0.2) is 38.5 Å². The van der Waals surface area contributed by atoms with Gasteiger partial charge in [-0.25, -0.2) is 9.67 Å². The van der Waals surface area contributed by atoms with Crippen LogP contribution in [-0.2, 0) is 6.54 Å². The Morgan fingerprint density at radius 1 is 1.15 bits per heavy atom. The van der Waals surface area contributed by atoms with Crippen LogP contribution in [0.5, 0.6) is 0 Å². The lowest BCUT2D eigenvalue weighted by Gasteiger charge is -2.21. The normalized spacial score (nSPS) is 12.4. The maximum absolute atomic E-state index is 15.1. The van der Waals surface area contributed by atoms with Gasteiger partial charge >= 0.3 is 17.8 Å². The molecule has 0 bridgehead atoms. The average Bonchev–Trinajstić information content (AvgIpc) is 3.20. The predicted octanol–water partition coefficient (Wildman–Crippen LogP) is 3.59. The molecular weight excluding hydrogens is 492 g/mol. The fraction of sp³-hybridized carbons (Fsp3) is 0.200. The van der Waals surface area contributed by atoms with E-state index >= 15 is 4.39 Å². The van der Waals surface area contributed by atoms with Crippen molar-refractivity contribution in [3.63, 3.8) is 0 Å². The van der Waals surface area contributed by atoms with Gasteiger partial charge in [-0.1, -0.05) is 11.6 Å². The van der Waals surface area contributed by atoms with Crippen LogP contribution in [0.2, 0.25) is 5.15 Å². The van der Waals surface area contributed by atoms with Crippen LogP contribution >= 0.6 is 11.6 Å². The highest BCUT2D eigenvalue weighted by atomic mass is 35.5. The van der Waals surface area contributed by atoms with E-state index in [4.69, 9.17) is 16.4 Å². The van der Waals surface area contributed by atoms with Crippen molar-refractivity contribution in [2.24, 2.45) is 0 Å². The Morgan fingerprint density at radius 3 is 2.50 bits per heavy atom. The molecule has 0 fully saturated rings. The number of aromatic nitrogens is 5. The Morgan fingerprint density at radius 2 is 1.88 bits per heavy atom. The molecule has 0 aliphatic carbocycles. The van der Waals surface area contributed by atoms with Crippen LogP contribution in [0.4, 0.5) is 26.3 Å². The summed E-state index contributed by atoms with van der Waals surface area (Å²) in [5.41, 5.74) is -1.33. The van der Waals surface area contributed by atoms with Crippen LogP contribution in [0.3, 0.4) is 0 Å². The summed E-state index contributed by atoms with van der Waals surface area (Å²) >= 11 is 5.79. The quantitative estimate of drug-likeness (QED) is 0.308. The molecule has 0 aliphatic heterocycles. The topological polar surface area (TPSA) is 65.8 Å². The minimum Gasteiger partial charge on any atom is -0.300 e. The standard InChI is InChI=1S/C20H13ClF6N5O2/c1-34-32-9-12(31-5-4-16(21)29-31)7-13(22)18(32)14-6-11-2-3-17(33)30(15(11)8-28-14)10-19(23,24)20(25,26)27/h2-9H,10H2,1H3/q+1. The van der Waals surface area contributed by atoms with Gasteiger partial charge in [0.15, 0.2) is 5.15 Å². The fourth-order valence-electron chi connectivity index (χ4n) is 3.25. The van der Waals surface area contributed by atoms with Crippen molar-refractivity contribution in [1.29, 1.82) is 0 Å². The zero-order valence-electron chi connectivity index (χ0n) is 17.0. The zero-order valence-corrected chi connectivity index (χ0v) is 17.8.